The minimum Gasteiger partial charge on any atom is -0.387 e. The smallest absolute Gasteiger partial charge is 0.255 e. The van der Waals surface area contributed by atoms with Gasteiger partial charge in [0.15, 0.2) is 21.5 Å². The summed E-state index contributed by atoms with van der Waals surface area (Å²) in [7, 11) is -4.10. The third-order valence-corrected chi connectivity index (χ3v) is 11.0. The van der Waals surface area contributed by atoms with Crippen LogP contribution in [0.15, 0.2) is 59.6 Å². The molecule has 8 nitrogen and oxygen atoms in total. The summed E-state index contributed by atoms with van der Waals surface area (Å²) in [6.45, 7) is 1.83. The van der Waals surface area contributed by atoms with Crippen LogP contribution in [0.4, 0.5) is 14.5 Å². The number of halogens is 3. The van der Waals surface area contributed by atoms with Crippen molar-refractivity contribution in [2.45, 2.75) is 60.6 Å². The molecule has 0 radical (unpaired) electrons. The molecule has 2 saturated carbocycles. The molecule has 1 aromatic heterocycles. The molecule has 2 bridgehead atoms. The number of aliphatic hydroxyl groups excluding tert-OH is 2. The number of pyridine rings is 1. The second kappa shape index (κ2) is 11.0. The number of anilines is 1. The number of rotatable bonds is 7. The van der Waals surface area contributed by atoms with Crippen molar-refractivity contribution in [3.8, 4) is 0 Å². The Morgan fingerprint density at radius 2 is 1.73 bits per heavy atom. The van der Waals surface area contributed by atoms with E-state index in [1.807, 2.05) is 6.92 Å². The summed E-state index contributed by atoms with van der Waals surface area (Å²) in [5.74, 6) is -4.21. The van der Waals surface area contributed by atoms with Gasteiger partial charge < -0.3 is 20.6 Å². The number of hydrogen-bond acceptors (Lipinski definition) is 7. The lowest BCUT2D eigenvalue weighted by atomic mass is 9.69. The second-order valence-corrected chi connectivity index (χ2v) is 13.5. The van der Waals surface area contributed by atoms with Crippen LogP contribution in [-0.2, 0) is 9.84 Å². The first-order valence-electron chi connectivity index (χ1n) is 13.1. The number of aromatic nitrogens is 1. The average Bonchev–Trinajstić information content (AvgIpc) is 3.10. The van der Waals surface area contributed by atoms with E-state index in [1.165, 1.54) is 18.2 Å². The van der Waals surface area contributed by atoms with Gasteiger partial charge in [0.25, 0.3) is 5.91 Å². The van der Waals surface area contributed by atoms with Crippen molar-refractivity contribution in [3.05, 3.63) is 88.2 Å². The number of amides is 1. The van der Waals surface area contributed by atoms with Gasteiger partial charge in [0.1, 0.15) is 12.2 Å². The van der Waals surface area contributed by atoms with Crippen molar-refractivity contribution >= 4 is 33.0 Å². The quantitative estimate of drug-likeness (QED) is 0.314. The Morgan fingerprint density at radius 3 is 2.34 bits per heavy atom. The molecule has 4 N–H and O–H groups in total. The highest BCUT2D eigenvalue weighted by Crippen LogP contribution is 2.55. The van der Waals surface area contributed by atoms with Crippen LogP contribution >= 0.6 is 11.6 Å². The number of nitrogens with one attached hydrogen (secondary N) is 1. The lowest BCUT2D eigenvalue weighted by Gasteiger charge is -2.46. The van der Waals surface area contributed by atoms with Crippen molar-refractivity contribution in [1.29, 1.82) is 0 Å². The predicted octanol–water partition coefficient (Wildman–Crippen LogP) is 4.36. The van der Waals surface area contributed by atoms with Gasteiger partial charge in [-0.2, -0.15) is 0 Å². The van der Waals surface area contributed by atoms with E-state index in [2.05, 4.69) is 10.3 Å². The molecule has 41 heavy (non-hydrogen) atoms. The highest BCUT2D eigenvalue weighted by molar-refractivity contribution is 7.92. The number of hydrogen-bond donors (Lipinski definition) is 4. The molecule has 2 fully saturated rings. The maximum absolute atomic E-state index is 13.8. The van der Waals surface area contributed by atoms with Crippen molar-refractivity contribution in [2.75, 3.05) is 5.32 Å². The van der Waals surface area contributed by atoms with Crippen molar-refractivity contribution in [1.82, 2.24) is 4.98 Å². The maximum atomic E-state index is 13.8. The Morgan fingerprint density at radius 1 is 1.05 bits per heavy atom. The number of aliphatic hydroxyl groups is 3. The number of carbonyl (C=O) groups excluding carboxylic acids is 1. The van der Waals surface area contributed by atoms with Gasteiger partial charge in [-0.25, -0.2) is 17.2 Å². The standard InChI is InChI=1S/C29H29ClF2N2O6S/c1-15-2-9-24(33-14-15)26(35)27(36)29(38)17-4-5-18(29)12-20(11-17)41(39,40)25-10-16(3-7-21(25)30)28(37)34-19-6-8-22(31)23(32)13-19/h2-3,6-10,13-14,17-18,20,26-27,35-36,38H,4-5,11-12H2,1H3,(H,34,37)/t17-,18?,20?,26?,27?,29?/m0/s1. The number of fused-ring (bicyclic) bond motifs is 2. The fourth-order valence-electron chi connectivity index (χ4n) is 6.17. The molecule has 2 aromatic carbocycles. The molecular weight excluding hydrogens is 578 g/mol. The molecule has 3 aromatic rings. The fourth-order valence-corrected chi connectivity index (χ4v) is 8.57. The van der Waals surface area contributed by atoms with Gasteiger partial charge in [-0.3, -0.25) is 9.78 Å². The molecule has 5 rings (SSSR count). The molecule has 5 unspecified atom stereocenters. The molecule has 1 amide bonds. The molecule has 0 saturated heterocycles. The summed E-state index contributed by atoms with van der Waals surface area (Å²) in [5, 5.41) is 35.0. The van der Waals surface area contributed by atoms with Gasteiger partial charge in [-0.05, 0) is 86.4 Å². The zero-order chi connectivity index (χ0) is 29.7. The lowest BCUT2D eigenvalue weighted by molar-refractivity contribution is -0.178. The van der Waals surface area contributed by atoms with Gasteiger partial charge in [0, 0.05) is 23.5 Å². The summed E-state index contributed by atoms with van der Waals surface area (Å²) in [6, 6.07) is 9.86. The first-order chi connectivity index (χ1) is 19.3. The third-order valence-electron chi connectivity index (χ3n) is 8.39. The van der Waals surface area contributed by atoms with E-state index in [9.17, 15) is 37.3 Å². The zero-order valence-corrected chi connectivity index (χ0v) is 23.5. The first-order valence-corrected chi connectivity index (χ1v) is 15.1. The summed E-state index contributed by atoms with van der Waals surface area (Å²) in [6.07, 6.45) is -0.541. The number of sulfone groups is 1. The topological polar surface area (TPSA) is 137 Å². The summed E-state index contributed by atoms with van der Waals surface area (Å²) < 4.78 is 54.4. The molecule has 0 aliphatic heterocycles. The Labute approximate surface area is 240 Å². The van der Waals surface area contributed by atoms with E-state index in [1.54, 1.807) is 18.3 Å². The van der Waals surface area contributed by atoms with Gasteiger partial charge in [-0.15, -0.1) is 0 Å². The van der Waals surface area contributed by atoms with E-state index in [-0.39, 0.29) is 39.7 Å². The van der Waals surface area contributed by atoms with Gasteiger partial charge in [0.2, 0.25) is 0 Å². The molecule has 6 atom stereocenters. The third kappa shape index (κ3) is 5.37. The Balaban J connectivity index is 1.36. The largest absolute Gasteiger partial charge is 0.387 e. The van der Waals surface area contributed by atoms with E-state index >= 15 is 0 Å². The van der Waals surface area contributed by atoms with Crippen LogP contribution in [0, 0.1) is 30.4 Å². The molecule has 0 spiro atoms. The molecular formula is C29H29ClF2N2O6S. The monoisotopic (exact) mass is 606 g/mol. The van der Waals surface area contributed by atoms with E-state index < -0.39 is 62.3 Å². The number of benzene rings is 2. The SMILES string of the molecule is Cc1ccc(C(O)C(O)C2(O)C3CC[C@H]2CC(S(=O)(=O)c2cc(C(=O)Nc4ccc(F)c(F)c4)ccc2Cl)C3)nc1. The Bertz CT molecular complexity index is 1570. The number of carbonyl (C=O) groups is 1. The normalized spacial score (nSPS) is 25.5. The summed E-state index contributed by atoms with van der Waals surface area (Å²) in [5.41, 5.74) is -0.718. The van der Waals surface area contributed by atoms with Crippen molar-refractivity contribution in [2.24, 2.45) is 11.8 Å². The van der Waals surface area contributed by atoms with Gasteiger partial charge in [0.05, 0.1) is 26.5 Å². The van der Waals surface area contributed by atoms with E-state index in [0.717, 1.165) is 23.8 Å². The highest BCUT2D eigenvalue weighted by Gasteiger charge is 2.60. The first kappa shape index (κ1) is 29.5. The summed E-state index contributed by atoms with van der Waals surface area (Å²) >= 11 is 6.29. The average molecular weight is 607 g/mol. The van der Waals surface area contributed by atoms with Gasteiger partial charge in [-0.1, -0.05) is 17.7 Å². The Hall–Kier alpha value is -2.96. The van der Waals surface area contributed by atoms with Crippen LogP contribution < -0.4 is 5.32 Å². The number of nitrogens with zero attached hydrogens (tertiary/aromatic N) is 1. The van der Waals surface area contributed by atoms with Crippen molar-refractivity contribution in [3.63, 3.8) is 0 Å². The van der Waals surface area contributed by atoms with E-state index in [4.69, 9.17) is 11.6 Å². The fraction of sp³-hybridized carbons (Fsp3) is 0.379. The zero-order valence-electron chi connectivity index (χ0n) is 22.0. The van der Waals surface area contributed by atoms with Crippen LogP contribution in [0.25, 0.3) is 0 Å². The second-order valence-electron chi connectivity index (χ2n) is 10.9. The molecule has 2 aliphatic rings. The molecule has 218 valence electrons. The van der Waals surface area contributed by atoms with E-state index in [0.29, 0.717) is 12.8 Å². The van der Waals surface area contributed by atoms with Gasteiger partial charge >= 0.3 is 0 Å². The predicted molar refractivity (Wildman–Crippen MR) is 147 cm³/mol. The van der Waals surface area contributed by atoms with Crippen LogP contribution in [0.3, 0.4) is 0 Å². The van der Waals surface area contributed by atoms with Crippen LogP contribution in [-0.4, -0.2) is 51.6 Å². The summed E-state index contributed by atoms with van der Waals surface area (Å²) in [4.78, 5) is 16.7. The maximum Gasteiger partial charge on any atom is 0.255 e. The highest BCUT2D eigenvalue weighted by atomic mass is 35.5. The van der Waals surface area contributed by atoms with Crippen LogP contribution in [0.1, 0.15) is 53.4 Å². The van der Waals surface area contributed by atoms with Crippen LogP contribution in [0.2, 0.25) is 5.02 Å². The van der Waals surface area contributed by atoms with Crippen molar-refractivity contribution < 1.29 is 37.3 Å². The van der Waals surface area contributed by atoms with Crippen LogP contribution in [0.5, 0.6) is 0 Å². The molecule has 1 heterocycles. The molecule has 12 heteroatoms. The lowest BCUT2D eigenvalue weighted by Crippen LogP contribution is -2.57. The number of aryl methyl sites for hydroxylation is 1. The minimum atomic E-state index is -4.10. The molecule has 2 aliphatic carbocycles. The minimum absolute atomic E-state index is 0.0158. The Kier molecular flexibility index (Phi) is 7.95.